The van der Waals surface area contributed by atoms with E-state index in [4.69, 9.17) is 0 Å². The first-order valence-electron chi connectivity index (χ1n) is 6.28. The fourth-order valence-corrected chi connectivity index (χ4v) is 3.87. The zero-order valence-electron chi connectivity index (χ0n) is 10.3. The zero-order valence-corrected chi connectivity index (χ0v) is 11.1. The number of hydrogen-bond acceptors (Lipinski definition) is 2. The van der Waals surface area contributed by atoms with E-state index in [1.54, 1.807) is 0 Å². The van der Waals surface area contributed by atoms with Crippen LogP contribution < -0.4 is 5.32 Å². The first-order chi connectivity index (χ1) is 7.15. The third-order valence-corrected chi connectivity index (χ3v) is 5.12. The lowest BCUT2D eigenvalue weighted by atomic mass is 9.95. The smallest absolute Gasteiger partial charge is 0.0365 e. The van der Waals surface area contributed by atoms with Crippen LogP contribution in [0.4, 0.5) is 0 Å². The summed E-state index contributed by atoms with van der Waals surface area (Å²) in [5.41, 5.74) is 0. The fraction of sp³-hybridized carbons (Fsp3) is 1.00. The lowest BCUT2D eigenvalue weighted by Gasteiger charge is -2.30. The van der Waals surface area contributed by atoms with Crippen molar-refractivity contribution in [3.63, 3.8) is 0 Å². The van der Waals surface area contributed by atoms with Crippen LogP contribution in [0.5, 0.6) is 0 Å². The molecule has 1 N–H and O–H groups in total. The van der Waals surface area contributed by atoms with Crippen molar-refractivity contribution in [3.05, 3.63) is 0 Å². The summed E-state index contributed by atoms with van der Waals surface area (Å²) < 4.78 is 12.0. The highest BCUT2D eigenvalue weighted by Crippen LogP contribution is 2.24. The van der Waals surface area contributed by atoms with Crippen LogP contribution in [0.1, 0.15) is 52.9 Å². The summed E-state index contributed by atoms with van der Waals surface area (Å²) in [7, 11) is -0.624. The predicted octanol–water partition coefficient (Wildman–Crippen LogP) is 2.45. The molecule has 0 heterocycles. The van der Waals surface area contributed by atoms with Crippen molar-refractivity contribution >= 4 is 10.8 Å². The highest BCUT2D eigenvalue weighted by atomic mass is 32.2. The summed E-state index contributed by atoms with van der Waals surface area (Å²) in [6, 6.07) is 0.617. The van der Waals surface area contributed by atoms with Crippen molar-refractivity contribution in [2.75, 3.05) is 6.54 Å². The third kappa shape index (κ3) is 4.23. The van der Waals surface area contributed by atoms with E-state index in [0.29, 0.717) is 16.5 Å². The Hall–Kier alpha value is 0.110. The van der Waals surface area contributed by atoms with Gasteiger partial charge >= 0.3 is 0 Å². The van der Waals surface area contributed by atoms with Crippen molar-refractivity contribution in [1.29, 1.82) is 0 Å². The number of hydrogen-bond donors (Lipinski definition) is 1. The van der Waals surface area contributed by atoms with Crippen LogP contribution in [-0.4, -0.2) is 27.3 Å². The maximum atomic E-state index is 12.0. The Morgan fingerprint density at radius 3 is 2.73 bits per heavy atom. The van der Waals surface area contributed by atoms with Crippen LogP contribution in [-0.2, 0) is 10.8 Å². The molecule has 3 heteroatoms. The average Bonchev–Trinajstić information content (AvgIpc) is 2.25. The summed E-state index contributed by atoms with van der Waals surface area (Å²) in [6.45, 7) is 7.43. The van der Waals surface area contributed by atoms with Gasteiger partial charge in [0.2, 0.25) is 0 Å². The molecule has 0 aromatic carbocycles. The Morgan fingerprint density at radius 2 is 2.13 bits per heavy atom. The van der Waals surface area contributed by atoms with E-state index >= 15 is 0 Å². The lowest BCUT2D eigenvalue weighted by molar-refractivity contribution is 0.377. The van der Waals surface area contributed by atoms with E-state index in [2.05, 4.69) is 26.1 Å². The molecule has 1 aliphatic carbocycles. The second-order valence-corrected chi connectivity index (χ2v) is 7.08. The summed E-state index contributed by atoms with van der Waals surface area (Å²) in [4.78, 5) is 0. The SMILES string of the molecule is CCCNC1CCCC(S(=O)C(C)C)C1. The molecular formula is C12H25NOS. The van der Waals surface area contributed by atoms with E-state index < -0.39 is 10.8 Å². The van der Waals surface area contributed by atoms with Crippen LogP contribution in [0.25, 0.3) is 0 Å². The Kier molecular flexibility index (Phi) is 5.83. The maximum absolute atomic E-state index is 12.0. The predicted molar refractivity (Wildman–Crippen MR) is 67.6 cm³/mol. The molecule has 1 fully saturated rings. The van der Waals surface area contributed by atoms with Crippen LogP contribution in [0.3, 0.4) is 0 Å². The highest BCUT2D eigenvalue weighted by Gasteiger charge is 2.26. The van der Waals surface area contributed by atoms with Crippen LogP contribution in [0.15, 0.2) is 0 Å². The first kappa shape index (κ1) is 13.2. The molecule has 0 radical (unpaired) electrons. The van der Waals surface area contributed by atoms with E-state index in [1.807, 2.05) is 0 Å². The minimum atomic E-state index is -0.624. The monoisotopic (exact) mass is 231 g/mol. The van der Waals surface area contributed by atoms with E-state index in [1.165, 1.54) is 19.3 Å². The molecule has 90 valence electrons. The van der Waals surface area contributed by atoms with Gasteiger partial charge in [-0.15, -0.1) is 0 Å². The molecule has 1 rings (SSSR count). The molecule has 0 saturated heterocycles. The standard InChI is InChI=1S/C12H25NOS/c1-4-8-13-11-6-5-7-12(9-11)15(14)10(2)3/h10-13H,4-9H2,1-3H3. The van der Waals surface area contributed by atoms with E-state index in [9.17, 15) is 4.21 Å². The second-order valence-electron chi connectivity index (χ2n) is 4.82. The van der Waals surface area contributed by atoms with Crippen LogP contribution in [0.2, 0.25) is 0 Å². The van der Waals surface area contributed by atoms with Gasteiger partial charge in [0.1, 0.15) is 0 Å². The van der Waals surface area contributed by atoms with Crippen molar-refractivity contribution in [1.82, 2.24) is 5.32 Å². The summed E-state index contributed by atoms with van der Waals surface area (Å²) in [5.74, 6) is 0. The molecule has 0 amide bonds. The second kappa shape index (κ2) is 6.64. The first-order valence-corrected chi connectivity index (χ1v) is 7.55. The quantitative estimate of drug-likeness (QED) is 0.787. The van der Waals surface area contributed by atoms with Gasteiger partial charge in [0.15, 0.2) is 0 Å². The Bertz CT molecular complexity index is 206. The molecule has 0 aromatic rings. The van der Waals surface area contributed by atoms with Gasteiger partial charge < -0.3 is 5.32 Å². The number of rotatable bonds is 5. The molecule has 3 atom stereocenters. The van der Waals surface area contributed by atoms with Gasteiger partial charge in [-0.2, -0.15) is 0 Å². The highest BCUT2D eigenvalue weighted by molar-refractivity contribution is 7.86. The van der Waals surface area contributed by atoms with Crippen molar-refractivity contribution < 1.29 is 4.21 Å². The number of nitrogens with one attached hydrogen (secondary N) is 1. The van der Waals surface area contributed by atoms with Gasteiger partial charge in [-0.25, -0.2) is 0 Å². The minimum absolute atomic E-state index is 0.319. The molecule has 1 saturated carbocycles. The molecule has 2 nitrogen and oxygen atoms in total. The lowest BCUT2D eigenvalue weighted by Crippen LogP contribution is -2.39. The van der Waals surface area contributed by atoms with Crippen molar-refractivity contribution in [2.45, 2.75) is 69.4 Å². The largest absolute Gasteiger partial charge is 0.314 e. The van der Waals surface area contributed by atoms with Gasteiger partial charge in [-0.05, 0) is 32.2 Å². The topological polar surface area (TPSA) is 29.1 Å². The van der Waals surface area contributed by atoms with Gasteiger partial charge in [-0.1, -0.05) is 27.2 Å². The van der Waals surface area contributed by atoms with Gasteiger partial charge in [0.25, 0.3) is 0 Å². The molecule has 3 unspecified atom stereocenters. The minimum Gasteiger partial charge on any atom is -0.314 e. The summed E-state index contributed by atoms with van der Waals surface area (Å²) >= 11 is 0. The fourth-order valence-electron chi connectivity index (χ4n) is 2.27. The van der Waals surface area contributed by atoms with Gasteiger partial charge in [0.05, 0.1) is 0 Å². The molecular weight excluding hydrogens is 206 g/mol. The Balaban J connectivity index is 2.38. The normalized spacial score (nSPS) is 29.3. The molecule has 0 spiro atoms. The van der Waals surface area contributed by atoms with Gasteiger partial charge in [-0.3, -0.25) is 4.21 Å². The van der Waals surface area contributed by atoms with Crippen LogP contribution >= 0.6 is 0 Å². The molecule has 15 heavy (non-hydrogen) atoms. The molecule has 0 aromatic heterocycles. The van der Waals surface area contributed by atoms with Crippen LogP contribution in [0, 0.1) is 0 Å². The molecule has 0 aliphatic heterocycles. The zero-order chi connectivity index (χ0) is 11.3. The average molecular weight is 231 g/mol. The molecule has 0 bridgehead atoms. The third-order valence-electron chi connectivity index (χ3n) is 3.10. The van der Waals surface area contributed by atoms with E-state index in [-0.39, 0.29) is 0 Å². The summed E-state index contributed by atoms with van der Waals surface area (Å²) in [6.07, 6.45) is 5.98. The maximum Gasteiger partial charge on any atom is 0.0365 e. The van der Waals surface area contributed by atoms with Crippen molar-refractivity contribution in [3.8, 4) is 0 Å². The summed E-state index contributed by atoms with van der Waals surface area (Å²) in [5, 5.41) is 4.32. The Labute approximate surface area is 96.7 Å². The molecule has 1 aliphatic rings. The van der Waals surface area contributed by atoms with E-state index in [0.717, 1.165) is 19.4 Å². The van der Waals surface area contributed by atoms with Crippen molar-refractivity contribution in [2.24, 2.45) is 0 Å². The van der Waals surface area contributed by atoms with Gasteiger partial charge in [0, 0.05) is 27.3 Å². The Morgan fingerprint density at radius 1 is 1.40 bits per heavy atom.